The molecule has 10 nitrogen and oxygen atoms in total. The second-order valence-corrected chi connectivity index (χ2v) is 11.2. The Balaban J connectivity index is 1.62. The molecule has 1 heterocycles. The number of alkyl halides is 3. The molecule has 0 radical (unpaired) electrons. The maximum Gasteiger partial charge on any atom is 0.492 e. The lowest BCUT2D eigenvalue weighted by atomic mass is 9.98. The van der Waals surface area contributed by atoms with Crippen molar-refractivity contribution in [2.24, 2.45) is 0 Å². The van der Waals surface area contributed by atoms with E-state index in [-0.39, 0.29) is 22.1 Å². The Kier molecular flexibility index (Phi) is 9.01. The summed E-state index contributed by atoms with van der Waals surface area (Å²) in [7, 11) is -3.98. The molecule has 0 unspecified atom stereocenters. The minimum absolute atomic E-state index is 0.0975. The Morgan fingerprint density at radius 1 is 1.00 bits per heavy atom. The number of hydrogen-bond donors (Lipinski definition) is 2. The van der Waals surface area contributed by atoms with E-state index in [1.165, 1.54) is 18.5 Å². The van der Waals surface area contributed by atoms with Crippen LogP contribution in [0.5, 0.6) is 5.75 Å². The van der Waals surface area contributed by atoms with E-state index >= 15 is 0 Å². The van der Waals surface area contributed by atoms with Crippen molar-refractivity contribution in [3.8, 4) is 5.75 Å². The molecule has 15 heteroatoms. The van der Waals surface area contributed by atoms with Crippen molar-refractivity contribution in [3.05, 3.63) is 59.9 Å². The number of hydroxylamine groups is 1. The number of aromatic nitrogens is 2. The van der Waals surface area contributed by atoms with Gasteiger partial charge in [-0.1, -0.05) is 18.0 Å². The minimum Gasteiger partial charge on any atom is -0.488 e. The monoisotopic (exact) mass is 599 g/mol. The fraction of sp³-hybridized carbons (Fsp3) is 0.320. The van der Waals surface area contributed by atoms with Gasteiger partial charge in [-0.25, -0.2) is 23.2 Å². The van der Waals surface area contributed by atoms with Crippen LogP contribution >= 0.6 is 11.6 Å². The molecule has 0 aliphatic heterocycles. The third-order valence-electron chi connectivity index (χ3n) is 5.92. The topological polar surface area (TPSA) is 123 Å². The molecule has 0 bridgehead atoms. The van der Waals surface area contributed by atoms with Crippen LogP contribution in [0, 0.1) is 0 Å². The average Bonchev–Trinajstić information content (AvgIpc) is 2.91. The second-order valence-electron chi connectivity index (χ2n) is 8.87. The number of halogens is 4. The molecule has 1 aliphatic rings. The predicted molar refractivity (Wildman–Crippen MR) is 141 cm³/mol. The van der Waals surface area contributed by atoms with Gasteiger partial charge in [0, 0.05) is 23.8 Å². The van der Waals surface area contributed by atoms with Gasteiger partial charge in [0.2, 0.25) is 0 Å². The summed E-state index contributed by atoms with van der Waals surface area (Å²) in [5.41, 5.74) is 0.887. The number of hydrogen-bond acceptors (Lipinski definition) is 9. The van der Waals surface area contributed by atoms with Crippen LogP contribution in [0.3, 0.4) is 0 Å². The van der Waals surface area contributed by atoms with Crippen molar-refractivity contribution >= 4 is 50.6 Å². The van der Waals surface area contributed by atoms with Crippen LogP contribution in [0.15, 0.2) is 59.8 Å². The Morgan fingerprint density at radius 2 is 1.65 bits per heavy atom. The molecule has 0 atom stereocenters. The van der Waals surface area contributed by atoms with Crippen LogP contribution in [-0.4, -0.2) is 48.2 Å². The summed E-state index contributed by atoms with van der Waals surface area (Å²) in [6.45, 7) is 0. The van der Waals surface area contributed by atoms with E-state index in [2.05, 4.69) is 25.4 Å². The molecule has 214 valence electrons. The van der Waals surface area contributed by atoms with Crippen LogP contribution in [0.4, 0.5) is 36.2 Å². The quantitative estimate of drug-likeness (QED) is 0.286. The maximum atomic E-state index is 12.9. The van der Waals surface area contributed by atoms with Crippen LogP contribution < -0.4 is 15.4 Å². The highest BCUT2D eigenvalue weighted by atomic mass is 35.5. The number of ether oxygens (including phenoxy) is 1. The molecule has 4 rings (SSSR count). The zero-order valence-corrected chi connectivity index (χ0v) is 22.7. The van der Waals surface area contributed by atoms with Gasteiger partial charge in [0.15, 0.2) is 0 Å². The van der Waals surface area contributed by atoms with Gasteiger partial charge in [0.05, 0.1) is 16.7 Å². The Morgan fingerprint density at radius 3 is 2.30 bits per heavy atom. The summed E-state index contributed by atoms with van der Waals surface area (Å²) in [5.74, 6) is -1.68. The number of sulfonamides is 1. The molecular weight excluding hydrogens is 575 g/mol. The minimum atomic E-state index is -5.38. The van der Waals surface area contributed by atoms with Gasteiger partial charge in [0.25, 0.3) is 10.0 Å². The third-order valence-corrected chi connectivity index (χ3v) is 7.78. The summed E-state index contributed by atoms with van der Waals surface area (Å²) >= 11 is 5.93. The van der Waals surface area contributed by atoms with Gasteiger partial charge in [-0.05, 0) is 72.6 Å². The second kappa shape index (κ2) is 12.3. The largest absolute Gasteiger partial charge is 0.492 e. The van der Waals surface area contributed by atoms with Gasteiger partial charge >= 0.3 is 12.1 Å². The zero-order valence-electron chi connectivity index (χ0n) is 21.1. The van der Waals surface area contributed by atoms with Crippen LogP contribution in [0.2, 0.25) is 5.02 Å². The summed E-state index contributed by atoms with van der Waals surface area (Å²) < 4.78 is 69.8. The molecule has 1 saturated carbocycles. The van der Waals surface area contributed by atoms with E-state index in [1.54, 1.807) is 30.3 Å². The van der Waals surface area contributed by atoms with Gasteiger partial charge in [-0.3, -0.25) is 0 Å². The summed E-state index contributed by atoms with van der Waals surface area (Å²) in [5, 5.41) is 6.67. The molecule has 1 aliphatic carbocycles. The lowest BCUT2D eigenvalue weighted by molar-refractivity contribution is -0.219. The van der Waals surface area contributed by atoms with Crippen molar-refractivity contribution in [2.75, 3.05) is 17.7 Å². The van der Waals surface area contributed by atoms with Gasteiger partial charge < -0.3 is 20.2 Å². The maximum absolute atomic E-state index is 12.9. The molecule has 3 aromatic rings. The molecule has 0 spiro atoms. The van der Waals surface area contributed by atoms with Crippen molar-refractivity contribution < 1.29 is 36.0 Å². The molecule has 0 amide bonds. The first-order chi connectivity index (χ1) is 18.9. The first-order valence-electron chi connectivity index (χ1n) is 12.1. The highest BCUT2D eigenvalue weighted by Crippen LogP contribution is 2.34. The summed E-state index contributed by atoms with van der Waals surface area (Å²) in [6.07, 6.45) is 0.514. The van der Waals surface area contributed by atoms with Gasteiger partial charge in [-0.15, -0.1) is 0 Å². The van der Waals surface area contributed by atoms with Crippen molar-refractivity contribution in [1.82, 2.24) is 14.4 Å². The highest BCUT2D eigenvalue weighted by Gasteiger charge is 2.44. The van der Waals surface area contributed by atoms with Gasteiger partial charge in [-0.2, -0.15) is 13.2 Å². The SMILES string of the molecule is CN(OC(=O)C(F)(F)F)S(=O)(=O)c1ccc(OC2CCCCC2)c(Nc2cc(Nc3ccc(Cl)cc3)ncn2)c1. The molecule has 2 aromatic carbocycles. The van der Waals surface area contributed by atoms with E-state index < -0.39 is 27.1 Å². The molecule has 2 N–H and O–H groups in total. The first kappa shape index (κ1) is 29.4. The van der Waals surface area contributed by atoms with E-state index in [4.69, 9.17) is 16.3 Å². The fourth-order valence-electron chi connectivity index (χ4n) is 3.91. The van der Waals surface area contributed by atoms with Gasteiger partial charge in [0.1, 0.15) is 23.7 Å². The Bertz CT molecular complexity index is 1450. The molecule has 1 fully saturated rings. The Hall–Kier alpha value is -3.62. The van der Waals surface area contributed by atoms with Crippen LogP contribution in [-0.2, 0) is 19.7 Å². The Labute approximate surface area is 233 Å². The van der Waals surface area contributed by atoms with Crippen molar-refractivity contribution in [3.63, 3.8) is 0 Å². The summed E-state index contributed by atoms with van der Waals surface area (Å²) in [6, 6.07) is 12.2. The van der Waals surface area contributed by atoms with Crippen LogP contribution in [0.25, 0.3) is 0 Å². The predicted octanol–water partition coefficient (Wildman–Crippen LogP) is 5.97. The number of carbonyl (C=O) groups is 1. The lowest BCUT2D eigenvalue weighted by Gasteiger charge is -2.25. The lowest BCUT2D eigenvalue weighted by Crippen LogP contribution is -2.36. The molecular formula is C25H25ClF3N5O5S. The third kappa shape index (κ3) is 7.52. The van der Waals surface area contributed by atoms with E-state index in [0.29, 0.717) is 29.3 Å². The number of anilines is 4. The zero-order chi connectivity index (χ0) is 28.9. The van der Waals surface area contributed by atoms with Crippen LogP contribution in [0.1, 0.15) is 32.1 Å². The average molecular weight is 600 g/mol. The van der Waals surface area contributed by atoms with E-state index in [9.17, 15) is 26.4 Å². The number of rotatable bonds is 9. The number of benzene rings is 2. The number of nitrogens with zero attached hydrogens (tertiary/aromatic N) is 3. The number of nitrogens with one attached hydrogen (secondary N) is 2. The fourth-order valence-corrected chi connectivity index (χ4v) is 5.01. The van der Waals surface area contributed by atoms with Crippen molar-refractivity contribution in [2.45, 2.75) is 49.3 Å². The normalized spacial score (nSPS) is 14.6. The smallest absolute Gasteiger partial charge is 0.488 e. The standard InChI is InChI=1S/C25H25ClF3N5O5S/c1-34(39-24(35)25(27,28)29)40(36,37)19-11-12-21(38-18-5-3-2-4-6-18)20(13-19)33-23-14-22(30-15-31-23)32-17-9-7-16(26)8-10-17/h7-15,18H,2-6H2,1H3,(H2,30,31,32,33). The summed E-state index contributed by atoms with van der Waals surface area (Å²) in [4.78, 5) is 23.1. The number of carbonyl (C=O) groups excluding carboxylic acids is 1. The highest BCUT2D eigenvalue weighted by molar-refractivity contribution is 7.89. The van der Waals surface area contributed by atoms with E-state index in [1.807, 2.05) is 0 Å². The first-order valence-corrected chi connectivity index (χ1v) is 13.9. The van der Waals surface area contributed by atoms with E-state index in [0.717, 1.165) is 38.2 Å². The molecule has 40 heavy (non-hydrogen) atoms. The molecule has 0 saturated heterocycles. The molecule has 1 aromatic heterocycles. The van der Waals surface area contributed by atoms with Crippen molar-refractivity contribution in [1.29, 1.82) is 0 Å².